The van der Waals surface area contributed by atoms with Crippen LogP contribution in [-0.4, -0.2) is 67.2 Å². The van der Waals surface area contributed by atoms with Crippen molar-refractivity contribution in [2.75, 3.05) is 7.11 Å². The number of ether oxygens (including phenoxy) is 1. The van der Waals surface area contributed by atoms with E-state index in [-0.39, 0.29) is 29.9 Å². The lowest BCUT2D eigenvalue weighted by molar-refractivity contribution is -0.141. The first-order chi connectivity index (χ1) is 19.7. The van der Waals surface area contributed by atoms with Gasteiger partial charge >= 0.3 is 5.97 Å². The number of carbonyl (C=O) groups excluding carboxylic acids is 2. The van der Waals surface area contributed by atoms with Crippen molar-refractivity contribution in [3.05, 3.63) is 12.7 Å². The summed E-state index contributed by atoms with van der Waals surface area (Å²) >= 11 is 0. The smallest absolute Gasteiger partial charge is 0.305 e. The third kappa shape index (κ3) is 5.05. The minimum Gasteiger partial charge on any atom is -0.469 e. The Hall–Kier alpha value is -1.28. The van der Waals surface area contributed by atoms with Crippen molar-refractivity contribution in [1.82, 2.24) is 21.3 Å². The van der Waals surface area contributed by atoms with E-state index in [9.17, 15) is 9.59 Å². The lowest BCUT2D eigenvalue weighted by atomic mass is 9.76. The number of Topliss-reactive ketones (excluding diaryl/α,β-unsaturated/α-hetero) is 1. The predicted molar refractivity (Wildman–Crippen MR) is 162 cm³/mol. The summed E-state index contributed by atoms with van der Waals surface area (Å²) in [6.07, 6.45) is 8.64. The quantitative estimate of drug-likeness (QED) is 0.297. The summed E-state index contributed by atoms with van der Waals surface area (Å²) in [5.74, 6) is 4.15. The van der Waals surface area contributed by atoms with Gasteiger partial charge in [-0.2, -0.15) is 0 Å². The molecule has 1 aliphatic carbocycles. The second-order valence-corrected chi connectivity index (χ2v) is 15.0. The summed E-state index contributed by atoms with van der Waals surface area (Å²) in [6.45, 7) is 16.2. The van der Waals surface area contributed by atoms with Gasteiger partial charge in [0.05, 0.1) is 7.11 Å². The minimum absolute atomic E-state index is 0.110. The molecular weight excluding hydrogens is 512 g/mol. The Labute approximate surface area is 248 Å². The number of ketones is 1. The van der Waals surface area contributed by atoms with Crippen LogP contribution in [0.2, 0.25) is 0 Å². The van der Waals surface area contributed by atoms with Crippen LogP contribution in [0.1, 0.15) is 79.6 Å². The second kappa shape index (κ2) is 11.7. The fourth-order valence-corrected chi connectivity index (χ4v) is 11.1. The van der Waals surface area contributed by atoms with Crippen LogP contribution in [0.4, 0.5) is 0 Å². The van der Waals surface area contributed by atoms with Crippen LogP contribution in [0, 0.1) is 53.3 Å². The van der Waals surface area contributed by atoms with E-state index in [1.807, 2.05) is 0 Å². The minimum atomic E-state index is -0.129. The van der Waals surface area contributed by atoms with E-state index < -0.39 is 0 Å². The van der Waals surface area contributed by atoms with Gasteiger partial charge in [-0.25, -0.2) is 0 Å². The maximum atomic E-state index is 13.6. The number of hydrogen-bond donors (Lipinski definition) is 4. The van der Waals surface area contributed by atoms with E-state index >= 15 is 0 Å². The molecule has 41 heavy (non-hydrogen) atoms. The van der Waals surface area contributed by atoms with Gasteiger partial charge in [0.1, 0.15) is 5.78 Å². The van der Waals surface area contributed by atoms with Gasteiger partial charge in [0.25, 0.3) is 0 Å². The highest BCUT2D eigenvalue weighted by Crippen LogP contribution is 2.49. The molecule has 0 amide bonds. The molecule has 6 fully saturated rings. The van der Waals surface area contributed by atoms with Gasteiger partial charge in [0.15, 0.2) is 0 Å². The Morgan fingerprint density at radius 2 is 1.41 bits per heavy atom. The first-order valence-corrected chi connectivity index (χ1v) is 16.9. The molecule has 5 heterocycles. The van der Waals surface area contributed by atoms with E-state index in [0.29, 0.717) is 96.3 Å². The van der Waals surface area contributed by atoms with Crippen LogP contribution in [-0.2, 0) is 14.3 Å². The van der Waals surface area contributed by atoms with Crippen LogP contribution >= 0.6 is 0 Å². The Balaban J connectivity index is 1.34. The molecule has 6 aliphatic rings. The molecule has 7 heteroatoms. The van der Waals surface area contributed by atoms with Crippen molar-refractivity contribution in [3.8, 4) is 0 Å². The van der Waals surface area contributed by atoms with Crippen LogP contribution in [0.25, 0.3) is 0 Å². The highest BCUT2D eigenvalue weighted by molar-refractivity contribution is 5.85. The summed E-state index contributed by atoms with van der Waals surface area (Å²) in [5, 5.41) is 16.5. The summed E-state index contributed by atoms with van der Waals surface area (Å²) < 4.78 is 5.05. The largest absolute Gasteiger partial charge is 0.469 e. The van der Waals surface area contributed by atoms with Crippen LogP contribution in [0.3, 0.4) is 0 Å². The topological polar surface area (TPSA) is 91.5 Å². The second-order valence-electron chi connectivity index (χ2n) is 15.0. The molecule has 5 saturated heterocycles. The molecule has 4 N–H and O–H groups in total. The third-order valence-electron chi connectivity index (χ3n) is 13.5. The molecule has 0 aromatic carbocycles. The van der Waals surface area contributed by atoms with Crippen molar-refractivity contribution in [2.45, 2.75) is 128 Å². The van der Waals surface area contributed by atoms with E-state index in [0.717, 1.165) is 25.7 Å². The number of methoxy groups -OCH3 is 1. The molecule has 17 atom stereocenters. The number of esters is 1. The number of fused-ring (bicyclic) bond motifs is 8. The van der Waals surface area contributed by atoms with Gasteiger partial charge in [-0.1, -0.05) is 47.1 Å². The van der Waals surface area contributed by atoms with Crippen LogP contribution in [0.5, 0.6) is 0 Å². The standard InChI is InChI=1S/C34H56N4O3/c1-8-20-16(3)24-13-26-18(5)22(10-11-31(40)41-7)33(37-26)23-12-30(39)32-19(6)27(38-34(23)32)15-29-21(9-2)17(4)25(36-29)14-28(20)35-24/h8,16-29,32-38H,1,9-15H2,2-7H3/t16?,17?,18-,19?,20?,21?,22-,23?,24?,25?,26?,27?,28?,29?,32?,33?,34?/m0/s1. The normalized spacial score (nSPS) is 52.6. The average molecular weight is 569 g/mol. The van der Waals surface area contributed by atoms with E-state index in [1.165, 1.54) is 13.5 Å². The number of hydrogen-bond acceptors (Lipinski definition) is 7. The zero-order chi connectivity index (χ0) is 29.2. The molecule has 0 spiro atoms. The molecule has 15 unspecified atom stereocenters. The van der Waals surface area contributed by atoms with Crippen molar-refractivity contribution in [2.24, 2.45) is 53.3 Å². The van der Waals surface area contributed by atoms with Gasteiger partial charge in [0.2, 0.25) is 0 Å². The fraction of sp³-hybridized carbons (Fsp3) is 0.882. The third-order valence-corrected chi connectivity index (χ3v) is 13.5. The van der Waals surface area contributed by atoms with E-state index in [1.54, 1.807) is 0 Å². The summed E-state index contributed by atoms with van der Waals surface area (Å²) in [6, 6.07) is 3.06. The lowest BCUT2D eigenvalue weighted by Gasteiger charge is -2.32. The SMILES string of the molecule is C=CC1C2CC3NC(CC4NC5C(CC(=O)C5C4C)C4NC(CC(N2)C1C)[C@@H](C)[C@@H]4CCC(=O)OC)C(CC)C3C. The van der Waals surface area contributed by atoms with E-state index in [4.69, 9.17) is 4.74 Å². The molecule has 230 valence electrons. The maximum Gasteiger partial charge on any atom is 0.305 e. The number of carbonyl (C=O) groups is 2. The van der Waals surface area contributed by atoms with E-state index in [2.05, 4.69) is 68.5 Å². The molecule has 1 saturated carbocycles. The van der Waals surface area contributed by atoms with Crippen molar-refractivity contribution in [1.29, 1.82) is 0 Å². The first-order valence-electron chi connectivity index (χ1n) is 16.9. The fourth-order valence-electron chi connectivity index (χ4n) is 11.1. The van der Waals surface area contributed by atoms with Crippen LogP contribution in [0.15, 0.2) is 12.7 Å². The van der Waals surface area contributed by atoms with Crippen molar-refractivity contribution >= 4 is 11.8 Å². The maximum absolute atomic E-state index is 13.6. The zero-order valence-electron chi connectivity index (χ0n) is 26.3. The molecule has 0 aromatic heterocycles. The monoisotopic (exact) mass is 568 g/mol. The summed E-state index contributed by atoms with van der Waals surface area (Å²) in [4.78, 5) is 25.9. The molecule has 0 aromatic rings. The van der Waals surface area contributed by atoms with Gasteiger partial charge in [-0.15, -0.1) is 6.58 Å². The molecule has 7 nitrogen and oxygen atoms in total. The van der Waals surface area contributed by atoms with Gasteiger partial charge in [-0.3, -0.25) is 9.59 Å². The first kappa shape index (κ1) is 29.8. The summed E-state index contributed by atoms with van der Waals surface area (Å²) in [5.41, 5.74) is 0. The Bertz CT molecular complexity index is 1000. The average Bonchev–Trinajstić information content (AvgIpc) is 3.70. The Morgan fingerprint density at radius 1 is 0.829 bits per heavy atom. The Kier molecular flexibility index (Phi) is 8.47. The highest BCUT2D eigenvalue weighted by atomic mass is 16.5. The predicted octanol–water partition coefficient (Wildman–Crippen LogP) is 3.68. The number of rotatable bonds is 5. The molecule has 8 bridgehead atoms. The summed E-state index contributed by atoms with van der Waals surface area (Å²) in [7, 11) is 1.49. The number of nitrogens with one attached hydrogen (secondary N) is 4. The van der Waals surface area contributed by atoms with Gasteiger partial charge < -0.3 is 26.0 Å². The Morgan fingerprint density at radius 3 is 2.12 bits per heavy atom. The molecule has 0 radical (unpaired) electrons. The molecule has 6 rings (SSSR count). The van der Waals surface area contributed by atoms with Gasteiger partial charge in [-0.05, 0) is 73.0 Å². The molecular formula is C34H56N4O3. The van der Waals surface area contributed by atoms with Crippen molar-refractivity contribution in [3.63, 3.8) is 0 Å². The van der Waals surface area contributed by atoms with Gasteiger partial charge in [0, 0.05) is 67.1 Å². The van der Waals surface area contributed by atoms with Crippen molar-refractivity contribution < 1.29 is 14.3 Å². The lowest BCUT2D eigenvalue weighted by Crippen LogP contribution is -2.48. The highest BCUT2D eigenvalue weighted by Gasteiger charge is 2.58. The van der Waals surface area contributed by atoms with Crippen LogP contribution < -0.4 is 21.3 Å². The molecule has 5 aliphatic heterocycles. The zero-order valence-corrected chi connectivity index (χ0v) is 26.3.